The molecule has 0 saturated heterocycles. The van der Waals surface area contributed by atoms with Gasteiger partial charge in [-0.1, -0.05) is 24.3 Å². The minimum Gasteiger partial charge on any atom is -0.326 e. The lowest BCUT2D eigenvalue weighted by Gasteiger charge is -2.20. The van der Waals surface area contributed by atoms with Crippen LogP contribution in [0.5, 0.6) is 0 Å². The van der Waals surface area contributed by atoms with Crippen LogP contribution in [0, 0.1) is 0 Å². The molecule has 2 N–H and O–H groups in total. The van der Waals surface area contributed by atoms with Gasteiger partial charge in [0, 0.05) is 34.9 Å². The van der Waals surface area contributed by atoms with Crippen LogP contribution in [0.15, 0.2) is 60.8 Å². The van der Waals surface area contributed by atoms with Gasteiger partial charge in [-0.25, -0.2) is 4.98 Å². The number of benzene rings is 2. The van der Waals surface area contributed by atoms with Crippen molar-refractivity contribution in [1.82, 2.24) is 9.97 Å². The molecule has 1 spiro atoms. The number of rotatable bonds is 3. The fraction of sp³-hybridized carbons (Fsp3) is 0.241. The second-order valence-corrected chi connectivity index (χ2v) is 9.90. The molecule has 2 aromatic carbocycles. The van der Waals surface area contributed by atoms with E-state index in [9.17, 15) is 9.59 Å². The van der Waals surface area contributed by atoms with Gasteiger partial charge >= 0.3 is 0 Å². The Kier molecular flexibility index (Phi) is 4.34. The maximum Gasteiger partial charge on any atom is 0.237 e. The summed E-state index contributed by atoms with van der Waals surface area (Å²) in [5, 5.41) is 7.08. The number of carbonyl (C=O) groups is 2. The molecule has 1 atom stereocenters. The van der Waals surface area contributed by atoms with Gasteiger partial charge in [0.15, 0.2) is 0 Å². The molecular formula is C29H24N4O2. The van der Waals surface area contributed by atoms with Crippen molar-refractivity contribution < 1.29 is 9.59 Å². The van der Waals surface area contributed by atoms with E-state index in [4.69, 9.17) is 4.98 Å². The van der Waals surface area contributed by atoms with Gasteiger partial charge in [-0.15, -0.1) is 0 Å². The minimum absolute atomic E-state index is 0.0440. The van der Waals surface area contributed by atoms with E-state index in [1.807, 2.05) is 24.3 Å². The molecule has 35 heavy (non-hydrogen) atoms. The number of fused-ring (bicyclic) bond motifs is 5. The maximum absolute atomic E-state index is 13.0. The number of nitrogens with one attached hydrogen (secondary N) is 2. The van der Waals surface area contributed by atoms with Crippen LogP contribution in [-0.2, 0) is 47.1 Å². The molecular weight excluding hydrogens is 436 g/mol. The van der Waals surface area contributed by atoms with E-state index in [-0.39, 0.29) is 11.8 Å². The second kappa shape index (κ2) is 7.47. The summed E-state index contributed by atoms with van der Waals surface area (Å²) >= 11 is 0. The fourth-order valence-corrected chi connectivity index (χ4v) is 6.07. The van der Waals surface area contributed by atoms with Crippen molar-refractivity contribution >= 4 is 34.2 Å². The van der Waals surface area contributed by atoms with E-state index in [1.165, 1.54) is 22.3 Å². The average Bonchev–Trinajstić information content (AvgIpc) is 3.37. The number of hydrogen-bond acceptors (Lipinski definition) is 4. The molecule has 4 heterocycles. The lowest BCUT2D eigenvalue weighted by Crippen LogP contribution is -2.35. The van der Waals surface area contributed by atoms with Crippen molar-refractivity contribution in [1.29, 1.82) is 0 Å². The Bertz CT molecular complexity index is 1560. The van der Waals surface area contributed by atoms with Crippen LogP contribution in [0.4, 0.5) is 11.5 Å². The third-order valence-corrected chi connectivity index (χ3v) is 7.84. The first-order chi connectivity index (χ1) is 17.1. The first kappa shape index (κ1) is 20.3. The summed E-state index contributed by atoms with van der Waals surface area (Å²) in [5.41, 5.74) is 8.36. The highest BCUT2D eigenvalue weighted by Gasteiger charge is 2.51. The molecule has 0 bridgehead atoms. The van der Waals surface area contributed by atoms with Crippen LogP contribution in [0.2, 0.25) is 0 Å². The summed E-state index contributed by atoms with van der Waals surface area (Å²) in [6.45, 7) is 0. The van der Waals surface area contributed by atoms with Crippen LogP contribution < -0.4 is 10.6 Å². The summed E-state index contributed by atoms with van der Waals surface area (Å²) in [7, 11) is 0. The second-order valence-electron chi connectivity index (χ2n) is 9.90. The van der Waals surface area contributed by atoms with Gasteiger partial charge in [-0.3, -0.25) is 14.6 Å². The van der Waals surface area contributed by atoms with Crippen molar-refractivity contribution in [3.8, 4) is 0 Å². The molecule has 172 valence electrons. The Morgan fingerprint density at radius 1 is 0.886 bits per heavy atom. The highest BCUT2D eigenvalue weighted by Crippen LogP contribution is 2.47. The molecule has 1 unspecified atom stereocenters. The van der Waals surface area contributed by atoms with Crippen molar-refractivity contribution in [2.24, 2.45) is 0 Å². The van der Waals surface area contributed by atoms with Gasteiger partial charge in [0.05, 0.1) is 10.9 Å². The van der Waals surface area contributed by atoms with Crippen molar-refractivity contribution in [2.75, 3.05) is 10.6 Å². The monoisotopic (exact) mass is 460 g/mol. The molecule has 0 fully saturated rings. The predicted molar refractivity (Wildman–Crippen MR) is 134 cm³/mol. The van der Waals surface area contributed by atoms with E-state index in [2.05, 4.69) is 45.9 Å². The topological polar surface area (TPSA) is 84.0 Å². The minimum atomic E-state index is -0.562. The zero-order valence-corrected chi connectivity index (χ0v) is 19.2. The highest BCUT2D eigenvalue weighted by atomic mass is 16.2. The zero-order valence-electron chi connectivity index (χ0n) is 19.2. The predicted octanol–water partition coefficient (Wildman–Crippen LogP) is 4.29. The number of nitrogens with zero attached hydrogens (tertiary/aromatic N) is 2. The first-order valence-corrected chi connectivity index (χ1v) is 12.2. The molecule has 2 aromatic heterocycles. The number of amides is 2. The molecule has 2 aliphatic heterocycles. The first-order valence-electron chi connectivity index (χ1n) is 12.2. The van der Waals surface area contributed by atoms with Crippen molar-refractivity contribution in [3.05, 3.63) is 94.3 Å². The number of hydrogen-bond donors (Lipinski definition) is 2. The SMILES string of the molecule is O=C1CCc2c(CCc3ccc4cc5c(cc4n3)CC3(C5)C(=O)Nc4ncccc43)cccc2N1. The summed E-state index contributed by atoms with van der Waals surface area (Å²) < 4.78 is 0. The summed E-state index contributed by atoms with van der Waals surface area (Å²) in [5.74, 6) is 0.829. The third-order valence-electron chi connectivity index (χ3n) is 7.84. The Morgan fingerprint density at radius 2 is 1.77 bits per heavy atom. The van der Waals surface area contributed by atoms with Crippen LogP contribution in [-0.4, -0.2) is 21.8 Å². The maximum atomic E-state index is 13.0. The number of carbonyl (C=O) groups excluding carboxylic acids is 2. The van der Waals surface area contributed by atoms with Gasteiger partial charge in [0.2, 0.25) is 11.8 Å². The van der Waals surface area contributed by atoms with Gasteiger partial charge in [-0.05, 0) is 84.7 Å². The normalized spacial score (nSPS) is 19.9. The lowest BCUT2D eigenvalue weighted by molar-refractivity contribution is -0.120. The molecule has 7 rings (SSSR count). The average molecular weight is 461 g/mol. The molecule has 0 saturated carbocycles. The summed E-state index contributed by atoms with van der Waals surface area (Å²) in [4.78, 5) is 34.1. The smallest absolute Gasteiger partial charge is 0.237 e. The molecule has 6 nitrogen and oxygen atoms in total. The van der Waals surface area contributed by atoms with E-state index in [0.29, 0.717) is 25.1 Å². The van der Waals surface area contributed by atoms with Gasteiger partial charge in [0.25, 0.3) is 0 Å². The number of pyridine rings is 2. The Hall–Kier alpha value is -4.06. The molecule has 6 heteroatoms. The van der Waals surface area contributed by atoms with E-state index < -0.39 is 5.41 Å². The quantitative estimate of drug-likeness (QED) is 0.478. The molecule has 1 aliphatic carbocycles. The van der Waals surface area contributed by atoms with E-state index >= 15 is 0 Å². The van der Waals surface area contributed by atoms with Crippen molar-refractivity contribution in [2.45, 2.75) is 43.9 Å². The Labute approximate surface area is 202 Å². The zero-order chi connectivity index (χ0) is 23.6. The van der Waals surface area contributed by atoms with Crippen LogP contribution >= 0.6 is 0 Å². The number of anilines is 2. The molecule has 4 aromatic rings. The van der Waals surface area contributed by atoms with Gasteiger partial charge in [-0.2, -0.15) is 0 Å². The molecule has 3 aliphatic rings. The van der Waals surface area contributed by atoms with E-state index in [0.717, 1.165) is 47.1 Å². The fourth-order valence-electron chi connectivity index (χ4n) is 6.07. The highest BCUT2D eigenvalue weighted by molar-refractivity contribution is 6.06. The molecule has 2 amide bonds. The summed E-state index contributed by atoms with van der Waals surface area (Å²) in [6.07, 6.45) is 6.16. The van der Waals surface area contributed by atoms with Crippen molar-refractivity contribution in [3.63, 3.8) is 0 Å². The lowest BCUT2D eigenvalue weighted by atomic mass is 9.79. The van der Waals surface area contributed by atoms with Gasteiger partial charge < -0.3 is 10.6 Å². The number of aryl methyl sites for hydroxylation is 2. The summed E-state index contributed by atoms with van der Waals surface area (Å²) in [6, 6.07) is 18.7. The van der Waals surface area contributed by atoms with Crippen LogP contribution in [0.1, 0.15) is 39.9 Å². The number of aromatic nitrogens is 2. The Morgan fingerprint density at radius 3 is 2.69 bits per heavy atom. The molecule has 0 radical (unpaired) electrons. The Balaban J connectivity index is 1.17. The standard InChI is InChI=1S/C29H24N4O2/c34-26-11-10-22-17(3-1-5-24(22)32-26)6-8-21-9-7-18-13-19-15-29(16-20(19)14-25(18)31-21)23-4-2-12-30-27(23)33-28(29)35/h1-5,7,9,12-14H,6,8,10-11,15-16H2,(H,32,34)(H,30,33,35). The largest absolute Gasteiger partial charge is 0.326 e. The van der Waals surface area contributed by atoms with Crippen LogP contribution in [0.25, 0.3) is 10.9 Å². The van der Waals surface area contributed by atoms with E-state index in [1.54, 1.807) is 6.20 Å². The van der Waals surface area contributed by atoms with Gasteiger partial charge in [0.1, 0.15) is 5.82 Å². The third kappa shape index (κ3) is 3.16. The van der Waals surface area contributed by atoms with Crippen LogP contribution in [0.3, 0.4) is 0 Å².